The maximum absolute atomic E-state index is 14.4. The number of rotatable bonds is 6. The van der Waals surface area contributed by atoms with Crippen molar-refractivity contribution in [3.05, 3.63) is 69.0 Å². The highest BCUT2D eigenvalue weighted by atomic mass is 35.5. The molecule has 1 atom stereocenters. The molecule has 2 aromatic heterocycles. The van der Waals surface area contributed by atoms with Crippen molar-refractivity contribution in [1.82, 2.24) is 15.3 Å². The van der Waals surface area contributed by atoms with Gasteiger partial charge in [-0.25, -0.2) is 4.39 Å². The van der Waals surface area contributed by atoms with E-state index in [-0.39, 0.29) is 21.3 Å². The van der Waals surface area contributed by atoms with Crippen molar-refractivity contribution in [1.29, 1.82) is 0 Å². The first-order valence-corrected chi connectivity index (χ1v) is 11.0. The molecule has 0 aliphatic carbocycles. The molecular formula is C22H21ClF4N4OS. The van der Waals surface area contributed by atoms with Crippen LogP contribution in [0.2, 0.25) is 5.02 Å². The summed E-state index contributed by atoms with van der Waals surface area (Å²) < 4.78 is 56.7. The number of alkyl halides is 3. The average Bonchev–Trinajstić information content (AvgIpc) is 3.27. The van der Waals surface area contributed by atoms with Crippen LogP contribution in [-0.2, 0) is 11.0 Å². The Hall–Kier alpha value is -2.56. The molecule has 11 heteroatoms. The molecule has 0 spiro atoms. The number of nitrogens with one attached hydrogen (secondary N) is 1. The Morgan fingerprint density at radius 2 is 1.88 bits per heavy atom. The highest BCUT2D eigenvalue weighted by molar-refractivity contribution is 7.11. The van der Waals surface area contributed by atoms with Gasteiger partial charge in [0.1, 0.15) is 16.1 Å². The first kappa shape index (κ1) is 25.1. The molecule has 3 rings (SSSR count). The summed E-state index contributed by atoms with van der Waals surface area (Å²) in [6.45, 7) is 3.48. The number of pyridine rings is 1. The first-order valence-electron chi connectivity index (χ1n) is 9.73. The topological polar surface area (TPSA) is 80.9 Å². The van der Waals surface area contributed by atoms with E-state index >= 15 is 0 Å². The first-order chi connectivity index (χ1) is 15.2. The van der Waals surface area contributed by atoms with Crippen molar-refractivity contribution in [3.8, 4) is 11.3 Å². The molecular weight excluding hydrogens is 480 g/mol. The van der Waals surface area contributed by atoms with Gasteiger partial charge in [-0.05, 0) is 56.7 Å². The summed E-state index contributed by atoms with van der Waals surface area (Å²) in [6.07, 6.45) is -3.49. The Bertz CT molecular complexity index is 1160. The summed E-state index contributed by atoms with van der Waals surface area (Å²) in [7, 11) is 0. The summed E-state index contributed by atoms with van der Waals surface area (Å²) in [4.78, 5) is 20.5. The number of halogens is 5. The summed E-state index contributed by atoms with van der Waals surface area (Å²) in [5.41, 5.74) is 4.56. The van der Waals surface area contributed by atoms with Gasteiger partial charge < -0.3 is 11.1 Å². The van der Waals surface area contributed by atoms with E-state index in [4.69, 9.17) is 17.3 Å². The largest absolute Gasteiger partial charge is 0.401 e. The summed E-state index contributed by atoms with van der Waals surface area (Å²) in [6, 6.07) is 6.59. The maximum Gasteiger partial charge on any atom is 0.401 e. The van der Waals surface area contributed by atoms with Crippen LogP contribution < -0.4 is 11.1 Å². The predicted molar refractivity (Wildman–Crippen MR) is 120 cm³/mol. The van der Waals surface area contributed by atoms with Gasteiger partial charge in [0.05, 0.1) is 28.1 Å². The lowest BCUT2D eigenvalue weighted by Gasteiger charge is -2.33. The summed E-state index contributed by atoms with van der Waals surface area (Å²) in [5.74, 6) is -1.34. The number of carbonyl (C=O) groups is 1. The van der Waals surface area contributed by atoms with E-state index in [9.17, 15) is 22.4 Å². The molecule has 1 aromatic carbocycles. The van der Waals surface area contributed by atoms with E-state index < -0.39 is 35.4 Å². The van der Waals surface area contributed by atoms with Crippen LogP contribution in [0, 0.1) is 5.82 Å². The van der Waals surface area contributed by atoms with Crippen molar-refractivity contribution in [2.45, 2.75) is 37.9 Å². The Morgan fingerprint density at radius 3 is 2.42 bits per heavy atom. The molecule has 176 valence electrons. The van der Waals surface area contributed by atoms with E-state index in [2.05, 4.69) is 15.3 Å². The van der Waals surface area contributed by atoms with Crippen molar-refractivity contribution < 1.29 is 22.4 Å². The van der Waals surface area contributed by atoms with Crippen LogP contribution in [0.4, 0.5) is 17.6 Å². The molecule has 33 heavy (non-hydrogen) atoms. The van der Waals surface area contributed by atoms with Crippen LogP contribution in [0.1, 0.15) is 41.7 Å². The minimum absolute atomic E-state index is 0.146. The predicted octanol–water partition coefficient (Wildman–Crippen LogP) is 5.44. The number of aromatic nitrogens is 2. The van der Waals surface area contributed by atoms with Gasteiger partial charge in [-0.1, -0.05) is 11.6 Å². The fourth-order valence-corrected chi connectivity index (χ4v) is 3.71. The van der Waals surface area contributed by atoms with Crippen molar-refractivity contribution >= 4 is 28.8 Å². The molecule has 0 saturated heterocycles. The summed E-state index contributed by atoms with van der Waals surface area (Å²) >= 11 is 6.88. The van der Waals surface area contributed by atoms with Crippen LogP contribution in [-0.4, -0.2) is 28.6 Å². The standard InChI is InChI=1S/C22H21ClF4N4OS/c1-20(2,28)13-7-16(12-4-5-15(24)14(23)6-12)31-18(8-13)21(3,22(25,26)27)10-30-19(32)17-9-29-11-33-17/h4-9,11H,10,28H2,1-3H3,(H,30,32). The van der Waals surface area contributed by atoms with Gasteiger partial charge in [0.25, 0.3) is 5.91 Å². The van der Waals surface area contributed by atoms with Crippen molar-refractivity contribution in [2.75, 3.05) is 6.54 Å². The Kier molecular flexibility index (Phi) is 6.84. The number of benzene rings is 1. The number of nitrogens with two attached hydrogens (primary N) is 1. The Balaban J connectivity index is 2.12. The highest BCUT2D eigenvalue weighted by Crippen LogP contribution is 2.41. The minimum Gasteiger partial charge on any atom is -0.350 e. The summed E-state index contributed by atoms with van der Waals surface area (Å²) in [5, 5.41) is 2.14. The third kappa shape index (κ3) is 5.34. The van der Waals surface area contributed by atoms with Gasteiger partial charge >= 0.3 is 6.18 Å². The molecule has 2 heterocycles. The van der Waals surface area contributed by atoms with Gasteiger partial charge in [0.2, 0.25) is 0 Å². The van der Waals surface area contributed by atoms with Crippen LogP contribution >= 0.6 is 22.9 Å². The average molecular weight is 501 g/mol. The second kappa shape index (κ2) is 9.00. The molecule has 0 saturated carbocycles. The highest BCUT2D eigenvalue weighted by Gasteiger charge is 2.54. The molecule has 3 aromatic rings. The lowest BCUT2D eigenvalue weighted by atomic mass is 9.82. The second-order valence-corrected chi connectivity index (χ2v) is 9.65. The third-order valence-electron chi connectivity index (χ3n) is 5.23. The number of carbonyl (C=O) groups excluding carboxylic acids is 1. The number of hydrogen-bond acceptors (Lipinski definition) is 5. The zero-order chi connectivity index (χ0) is 24.6. The van der Waals surface area contributed by atoms with Gasteiger partial charge in [0.15, 0.2) is 0 Å². The smallest absolute Gasteiger partial charge is 0.350 e. The molecule has 5 nitrogen and oxygen atoms in total. The van der Waals surface area contributed by atoms with Crippen LogP contribution in [0.15, 0.2) is 42.0 Å². The Morgan fingerprint density at radius 1 is 1.18 bits per heavy atom. The quantitative estimate of drug-likeness (QED) is 0.441. The van der Waals surface area contributed by atoms with E-state index in [0.29, 0.717) is 11.1 Å². The molecule has 1 unspecified atom stereocenters. The monoisotopic (exact) mass is 500 g/mol. The molecule has 0 aliphatic rings. The van der Waals surface area contributed by atoms with E-state index in [1.807, 2.05) is 0 Å². The van der Waals surface area contributed by atoms with Crippen molar-refractivity contribution in [3.63, 3.8) is 0 Å². The van der Waals surface area contributed by atoms with Gasteiger partial charge in [-0.3, -0.25) is 14.8 Å². The van der Waals surface area contributed by atoms with Crippen LogP contribution in [0.25, 0.3) is 11.3 Å². The van der Waals surface area contributed by atoms with Gasteiger partial charge in [0, 0.05) is 17.6 Å². The van der Waals surface area contributed by atoms with E-state index in [1.165, 1.54) is 29.9 Å². The van der Waals surface area contributed by atoms with Crippen LogP contribution in [0.3, 0.4) is 0 Å². The van der Waals surface area contributed by atoms with E-state index in [0.717, 1.165) is 24.3 Å². The minimum atomic E-state index is -4.77. The lowest BCUT2D eigenvalue weighted by molar-refractivity contribution is -0.184. The molecule has 0 radical (unpaired) electrons. The number of nitrogens with zero attached hydrogens (tertiary/aromatic N) is 2. The van der Waals surface area contributed by atoms with Gasteiger partial charge in [-0.2, -0.15) is 13.2 Å². The second-order valence-electron chi connectivity index (χ2n) is 8.36. The fraction of sp³-hybridized carbons (Fsp3) is 0.318. The van der Waals surface area contributed by atoms with Crippen molar-refractivity contribution in [2.24, 2.45) is 5.73 Å². The fourth-order valence-electron chi connectivity index (χ4n) is 3.00. The zero-order valence-corrected chi connectivity index (χ0v) is 19.5. The third-order valence-corrected chi connectivity index (χ3v) is 6.30. The zero-order valence-electron chi connectivity index (χ0n) is 17.9. The Labute approximate surface area is 197 Å². The molecule has 3 N–H and O–H groups in total. The molecule has 0 bridgehead atoms. The molecule has 0 aliphatic heterocycles. The van der Waals surface area contributed by atoms with E-state index in [1.54, 1.807) is 19.9 Å². The normalized spacial score (nSPS) is 14.1. The van der Waals surface area contributed by atoms with Crippen LogP contribution in [0.5, 0.6) is 0 Å². The molecule has 1 amide bonds. The molecule has 0 fully saturated rings. The van der Waals surface area contributed by atoms with Gasteiger partial charge in [-0.15, -0.1) is 11.3 Å². The number of hydrogen-bond donors (Lipinski definition) is 2. The number of amides is 1. The SMILES string of the molecule is CC(C)(N)c1cc(-c2ccc(F)c(Cl)c2)nc(C(C)(CNC(=O)c2cncs2)C(F)(F)F)c1. The lowest BCUT2D eigenvalue weighted by Crippen LogP contribution is -2.49. The number of thiazole rings is 1. The maximum atomic E-state index is 14.4.